The highest BCUT2D eigenvalue weighted by Crippen LogP contribution is 2.27. The number of pyridine rings is 1. The molecule has 0 spiro atoms. The van der Waals surface area contributed by atoms with Gasteiger partial charge in [0, 0.05) is 12.6 Å². The quantitative estimate of drug-likeness (QED) is 0.931. The zero-order valence-electron chi connectivity index (χ0n) is 11.1. The van der Waals surface area contributed by atoms with Gasteiger partial charge in [-0.3, -0.25) is 4.98 Å². The van der Waals surface area contributed by atoms with Crippen molar-refractivity contribution in [3.63, 3.8) is 0 Å². The van der Waals surface area contributed by atoms with E-state index in [1.54, 1.807) is 0 Å². The van der Waals surface area contributed by atoms with Crippen LogP contribution in [0.15, 0.2) is 36.5 Å². The van der Waals surface area contributed by atoms with E-state index >= 15 is 0 Å². The number of rotatable bonds is 4. The molecule has 2 aromatic rings. The maximum atomic E-state index is 13.5. The third kappa shape index (κ3) is 2.65. The van der Waals surface area contributed by atoms with Gasteiger partial charge in [0.2, 0.25) is 0 Å². The Hall–Kier alpha value is -1.94. The van der Waals surface area contributed by atoms with Crippen LogP contribution in [0.25, 0.3) is 0 Å². The molecule has 0 amide bonds. The summed E-state index contributed by atoms with van der Waals surface area (Å²) < 4.78 is 19.0. The van der Waals surface area contributed by atoms with Crippen LogP contribution in [-0.2, 0) is 12.8 Å². The molecule has 3 rings (SSSR count). The average molecular weight is 273 g/mol. The maximum Gasteiger partial charge on any atom is 0.147 e. The molecule has 20 heavy (non-hydrogen) atoms. The normalized spacial score (nSPS) is 14.7. The molecule has 0 saturated heterocycles. The SMILES string of the molecule is OC(CCc1ccc2c(c1)CCO2)c1ncccc1F. The molecule has 1 aliphatic heterocycles. The zero-order chi connectivity index (χ0) is 13.9. The Bertz CT molecular complexity index is 615. The molecule has 1 atom stereocenters. The molecule has 1 aromatic heterocycles. The highest BCUT2D eigenvalue weighted by atomic mass is 19.1. The van der Waals surface area contributed by atoms with E-state index < -0.39 is 11.9 Å². The Labute approximate surface area is 117 Å². The summed E-state index contributed by atoms with van der Waals surface area (Å²) in [6.45, 7) is 0.737. The second-order valence-electron chi connectivity index (χ2n) is 4.97. The molecule has 0 radical (unpaired) electrons. The van der Waals surface area contributed by atoms with Crippen molar-refractivity contribution in [2.75, 3.05) is 6.61 Å². The van der Waals surface area contributed by atoms with E-state index in [0.29, 0.717) is 12.8 Å². The Morgan fingerprint density at radius 2 is 2.25 bits per heavy atom. The topological polar surface area (TPSA) is 42.4 Å². The van der Waals surface area contributed by atoms with Crippen molar-refractivity contribution in [1.29, 1.82) is 0 Å². The molecule has 104 valence electrons. The number of aliphatic hydroxyl groups is 1. The largest absolute Gasteiger partial charge is 0.493 e. The minimum Gasteiger partial charge on any atom is -0.493 e. The number of hydrogen-bond acceptors (Lipinski definition) is 3. The van der Waals surface area contributed by atoms with Crippen LogP contribution in [0.5, 0.6) is 5.75 Å². The van der Waals surface area contributed by atoms with Crippen molar-refractivity contribution >= 4 is 0 Å². The number of ether oxygens (including phenoxy) is 1. The first-order chi connectivity index (χ1) is 9.74. The molecule has 1 N–H and O–H groups in total. The number of aliphatic hydroxyl groups excluding tert-OH is 1. The first-order valence-electron chi connectivity index (χ1n) is 6.77. The van der Waals surface area contributed by atoms with E-state index in [9.17, 15) is 9.50 Å². The van der Waals surface area contributed by atoms with Crippen molar-refractivity contribution in [2.45, 2.75) is 25.4 Å². The molecule has 0 fully saturated rings. The van der Waals surface area contributed by atoms with Crippen LogP contribution in [0.1, 0.15) is 29.3 Å². The zero-order valence-corrected chi connectivity index (χ0v) is 11.1. The lowest BCUT2D eigenvalue weighted by Gasteiger charge is -2.11. The van der Waals surface area contributed by atoms with Crippen molar-refractivity contribution in [3.8, 4) is 5.75 Å². The second kappa shape index (κ2) is 5.59. The van der Waals surface area contributed by atoms with Gasteiger partial charge in [-0.15, -0.1) is 0 Å². The lowest BCUT2D eigenvalue weighted by atomic mass is 10.0. The number of aromatic nitrogens is 1. The maximum absolute atomic E-state index is 13.5. The fourth-order valence-corrected chi connectivity index (χ4v) is 2.48. The van der Waals surface area contributed by atoms with Crippen LogP contribution in [0.4, 0.5) is 4.39 Å². The molecule has 0 aliphatic carbocycles. The van der Waals surface area contributed by atoms with Gasteiger partial charge in [-0.2, -0.15) is 0 Å². The lowest BCUT2D eigenvalue weighted by Crippen LogP contribution is -2.05. The van der Waals surface area contributed by atoms with Gasteiger partial charge >= 0.3 is 0 Å². The molecule has 1 aliphatic rings. The number of nitrogens with zero attached hydrogens (tertiary/aromatic N) is 1. The van der Waals surface area contributed by atoms with E-state index in [-0.39, 0.29) is 5.69 Å². The fraction of sp³-hybridized carbons (Fsp3) is 0.312. The van der Waals surface area contributed by atoms with Gasteiger partial charge in [-0.1, -0.05) is 12.1 Å². The standard InChI is InChI=1S/C16H16FNO2/c17-13-2-1-8-18-16(13)14(19)5-3-11-4-6-15-12(10-11)7-9-20-15/h1-2,4,6,8,10,14,19H,3,5,7,9H2. The third-order valence-corrected chi connectivity index (χ3v) is 3.56. The summed E-state index contributed by atoms with van der Waals surface area (Å²) in [5.74, 6) is 0.493. The van der Waals surface area contributed by atoms with Gasteiger partial charge in [0.25, 0.3) is 0 Å². The Morgan fingerprint density at radius 1 is 1.35 bits per heavy atom. The smallest absolute Gasteiger partial charge is 0.147 e. The minimum atomic E-state index is -0.874. The molecule has 4 heteroatoms. The second-order valence-corrected chi connectivity index (χ2v) is 4.97. The predicted molar refractivity (Wildman–Crippen MR) is 73.1 cm³/mol. The first kappa shape index (κ1) is 13.1. The molecule has 1 aromatic carbocycles. The molecular formula is C16H16FNO2. The van der Waals surface area contributed by atoms with Crippen LogP contribution in [0.2, 0.25) is 0 Å². The average Bonchev–Trinajstić information content (AvgIpc) is 2.92. The van der Waals surface area contributed by atoms with Gasteiger partial charge in [-0.05, 0) is 42.2 Å². The van der Waals surface area contributed by atoms with Gasteiger partial charge in [0.1, 0.15) is 17.3 Å². The van der Waals surface area contributed by atoms with Crippen LogP contribution in [0.3, 0.4) is 0 Å². The molecule has 3 nitrogen and oxygen atoms in total. The highest BCUT2D eigenvalue weighted by Gasteiger charge is 2.15. The molecule has 1 unspecified atom stereocenters. The summed E-state index contributed by atoms with van der Waals surface area (Å²) in [7, 11) is 0. The van der Waals surface area contributed by atoms with Crippen LogP contribution in [-0.4, -0.2) is 16.7 Å². The van der Waals surface area contributed by atoms with Crippen molar-refractivity contribution in [3.05, 3.63) is 59.2 Å². The molecular weight excluding hydrogens is 257 g/mol. The van der Waals surface area contributed by atoms with Crippen molar-refractivity contribution < 1.29 is 14.2 Å². The summed E-state index contributed by atoms with van der Waals surface area (Å²) in [5, 5.41) is 10.0. The first-order valence-corrected chi connectivity index (χ1v) is 6.77. The number of aryl methyl sites for hydroxylation is 1. The number of halogens is 1. The molecule has 0 saturated carbocycles. The third-order valence-electron chi connectivity index (χ3n) is 3.56. The van der Waals surface area contributed by atoms with Crippen molar-refractivity contribution in [1.82, 2.24) is 4.98 Å². The van der Waals surface area contributed by atoms with Gasteiger partial charge in [-0.25, -0.2) is 4.39 Å². The lowest BCUT2D eigenvalue weighted by molar-refractivity contribution is 0.158. The summed E-state index contributed by atoms with van der Waals surface area (Å²) in [6.07, 6.45) is 2.69. The van der Waals surface area contributed by atoms with Gasteiger partial charge < -0.3 is 9.84 Å². The van der Waals surface area contributed by atoms with Crippen molar-refractivity contribution in [2.24, 2.45) is 0 Å². The van der Waals surface area contributed by atoms with E-state index in [4.69, 9.17) is 4.74 Å². The molecule has 0 bridgehead atoms. The number of hydrogen-bond donors (Lipinski definition) is 1. The Morgan fingerprint density at radius 3 is 3.10 bits per heavy atom. The van der Waals surface area contributed by atoms with E-state index in [0.717, 1.165) is 24.3 Å². The number of fused-ring (bicyclic) bond motifs is 1. The summed E-state index contributed by atoms with van der Waals surface area (Å²) in [5.41, 5.74) is 2.46. The van der Waals surface area contributed by atoms with Gasteiger partial charge in [0.05, 0.1) is 12.7 Å². The van der Waals surface area contributed by atoms with Crippen LogP contribution >= 0.6 is 0 Å². The van der Waals surface area contributed by atoms with Gasteiger partial charge in [0.15, 0.2) is 0 Å². The van der Waals surface area contributed by atoms with E-state index in [1.807, 2.05) is 12.1 Å². The highest BCUT2D eigenvalue weighted by molar-refractivity contribution is 5.39. The Balaban J connectivity index is 1.66. The van der Waals surface area contributed by atoms with Crippen LogP contribution < -0.4 is 4.74 Å². The molecule has 2 heterocycles. The predicted octanol–water partition coefficient (Wildman–Crippen LogP) is 2.82. The monoisotopic (exact) mass is 273 g/mol. The summed E-state index contributed by atoms with van der Waals surface area (Å²) in [6, 6.07) is 8.89. The fourth-order valence-electron chi connectivity index (χ4n) is 2.48. The van der Waals surface area contributed by atoms with Crippen LogP contribution in [0, 0.1) is 5.82 Å². The van der Waals surface area contributed by atoms with E-state index in [1.165, 1.54) is 23.9 Å². The number of benzene rings is 1. The van der Waals surface area contributed by atoms with E-state index in [2.05, 4.69) is 11.1 Å². The summed E-state index contributed by atoms with van der Waals surface area (Å²) >= 11 is 0. The minimum absolute atomic E-state index is 0.122. The summed E-state index contributed by atoms with van der Waals surface area (Å²) in [4.78, 5) is 3.90. The Kier molecular flexibility index (Phi) is 3.65.